The highest BCUT2D eigenvalue weighted by Gasteiger charge is 2.43. The Morgan fingerprint density at radius 2 is 1.88 bits per heavy atom. The van der Waals surface area contributed by atoms with Gasteiger partial charge in [-0.25, -0.2) is 18.3 Å². The summed E-state index contributed by atoms with van der Waals surface area (Å²) in [6, 6.07) is 19.2. The number of halogens is 2. The molecule has 0 radical (unpaired) electrons. The van der Waals surface area contributed by atoms with Crippen molar-refractivity contribution in [3.05, 3.63) is 124 Å². The number of aryl methyl sites for hydroxylation is 1. The van der Waals surface area contributed by atoms with Crippen LogP contribution in [0.3, 0.4) is 0 Å². The predicted molar refractivity (Wildman–Crippen MR) is 149 cm³/mol. The lowest BCUT2D eigenvalue weighted by atomic mass is 9.82. The van der Waals surface area contributed by atoms with Crippen molar-refractivity contribution in [1.29, 1.82) is 5.26 Å². The van der Waals surface area contributed by atoms with E-state index in [1.165, 1.54) is 33.2 Å². The molecule has 0 saturated carbocycles. The minimum atomic E-state index is -1.93. The molecule has 2 aromatic heterocycles. The summed E-state index contributed by atoms with van der Waals surface area (Å²) in [5.74, 6) is -2.40. The Balaban J connectivity index is 1.44. The molecular weight excluding hydrogens is 544 g/mol. The minimum absolute atomic E-state index is 0.0411. The van der Waals surface area contributed by atoms with E-state index in [1.54, 1.807) is 31.2 Å². The number of ketones is 1. The van der Waals surface area contributed by atoms with Crippen molar-refractivity contribution >= 4 is 17.1 Å². The summed E-state index contributed by atoms with van der Waals surface area (Å²) in [7, 11) is 0. The highest BCUT2D eigenvalue weighted by atomic mass is 32.1. The SMILES string of the molecule is Cc1ccc(-c2csc([C@H](C)[C@](O)(Cn3c[n+](CC(=O)c4ccc(C#N)cc4)cn3)c3cc(F)ccc3F)n2)cc1. The third-order valence-electron chi connectivity index (χ3n) is 7.05. The van der Waals surface area contributed by atoms with Crippen LogP contribution in [0.1, 0.15) is 44.9 Å². The average molecular weight is 571 g/mol. The summed E-state index contributed by atoms with van der Waals surface area (Å²) < 4.78 is 32.4. The quantitative estimate of drug-likeness (QED) is 0.191. The first-order valence-corrected chi connectivity index (χ1v) is 13.7. The van der Waals surface area contributed by atoms with Crippen LogP contribution in [0, 0.1) is 29.9 Å². The highest BCUT2D eigenvalue weighted by Crippen LogP contribution is 2.41. The number of carbonyl (C=O) groups is 1. The molecule has 7 nitrogen and oxygen atoms in total. The number of thiazole rings is 1. The molecule has 0 unspecified atom stereocenters. The first kappa shape index (κ1) is 28.0. The van der Waals surface area contributed by atoms with E-state index in [9.17, 15) is 14.3 Å². The Bertz CT molecular complexity index is 1740. The largest absolute Gasteiger partial charge is 0.381 e. The van der Waals surface area contributed by atoms with E-state index in [0.29, 0.717) is 16.1 Å². The monoisotopic (exact) mass is 570 g/mol. The summed E-state index contributed by atoms with van der Waals surface area (Å²) >= 11 is 1.33. The molecule has 0 saturated heterocycles. The van der Waals surface area contributed by atoms with Crippen molar-refractivity contribution in [3.63, 3.8) is 0 Å². The van der Waals surface area contributed by atoms with Crippen LogP contribution in [-0.4, -0.2) is 25.7 Å². The van der Waals surface area contributed by atoms with Gasteiger partial charge in [0.25, 0.3) is 6.33 Å². The van der Waals surface area contributed by atoms with Crippen LogP contribution in [0.15, 0.2) is 84.8 Å². The number of hydrogen-bond donors (Lipinski definition) is 1. The number of hydrogen-bond acceptors (Lipinski definition) is 6. The molecule has 5 aromatic rings. The number of nitrogens with zero attached hydrogens (tertiary/aromatic N) is 5. The molecule has 0 aliphatic rings. The summed E-state index contributed by atoms with van der Waals surface area (Å²) in [5, 5.41) is 27.8. The summed E-state index contributed by atoms with van der Waals surface area (Å²) in [6.07, 6.45) is 2.95. The van der Waals surface area contributed by atoms with Crippen LogP contribution < -0.4 is 4.57 Å². The normalized spacial score (nSPS) is 13.4. The van der Waals surface area contributed by atoms with E-state index >= 15 is 4.39 Å². The zero-order valence-electron chi connectivity index (χ0n) is 22.3. The van der Waals surface area contributed by atoms with Gasteiger partial charge in [0, 0.05) is 33.1 Å². The molecule has 41 heavy (non-hydrogen) atoms. The second-order valence-electron chi connectivity index (χ2n) is 9.94. The topological polar surface area (TPSA) is 95.7 Å². The standard InChI is InChI=1S/C31H26F2N5O2S/c1-20-3-7-23(8-4-20)28-16-41-30(36-28)21(2)31(40,26-13-25(32)11-12-27(26)33)17-38-19-37(18-35-38)15-29(39)24-9-5-22(14-34)6-10-24/h3-13,16,18-19,21,40H,15,17H2,1-2H3/q+1/t21-,31+/m0/s1. The summed E-state index contributed by atoms with van der Waals surface area (Å²) in [6.45, 7) is 3.44. The Morgan fingerprint density at radius 1 is 1.15 bits per heavy atom. The van der Waals surface area contributed by atoms with Gasteiger partial charge < -0.3 is 5.11 Å². The molecular formula is C31H26F2N5O2S+. The first-order chi connectivity index (χ1) is 19.7. The van der Waals surface area contributed by atoms with E-state index in [0.717, 1.165) is 35.0 Å². The molecule has 10 heteroatoms. The summed E-state index contributed by atoms with van der Waals surface area (Å²) in [5.41, 5.74) is 1.48. The van der Waals surface area contributed by atoms with Crippen LogP contribution in [0.4, 0.5) is 8.78 Å². The maximum absolute atomic E-state index is 15.1. The molecule has 3 aromatic carbocycles. The maximum Gasteiger partial charge on any atom is 0.265 e. The predicted octanol–water partition coefficient (Wildman–Crippen LogP) is 5.33. The number of benzene rings is 3. The molecule has 0 bridgehead atoms. The van der Waals surface area contributed by atoms with Crippen LogP contribution >= 0.6 is 11.3 Å². The van der Waals surface area contributed by atoms with Crippen molar-refractivity contribution in [3.8, 4) is 17.3 Å². The molecule has 0 aliphatic heterocycles. The molecule has 2 atom stereocenters. The Kier molecular flexibility index (Phi) is 7.83. The van der Waals surface area contributed by atoms with Crippen molar-refractivity contribution in [1.82, 2.24) is 14.8 Å². The second-order valence-corrected chi connectivity index (χ2v) is 10.8. The first-order valence-electron chi connectivity index (χ1n) is 12.8. The molecule has 5 rings (SSSR count). The van der Waals surface area contributed by atoms with Gasteiger partial charge in [0.1, 0.15) is 30.3 Å². The Morgan fingerprint density at radius 3 is 2.59 bits per heavy atom. The fourth-order valence-corrected chi connectivity index (χ4v) is 5.57. The maximum atomic E-state index is 15.1. The van der Waals surface area contributed by atoms with Gasteiger partial charge in [-0.2, -0.15) is 5.26 Å². The van der Waals surface area contributed by atoms with Gasteiger partial charge in [-0.3, -0.25) is 4.79 Å². The van der Waals surface area contributed by atoms with E-state index in [4.69, 9.17) is 10.2 Å². The van der Waals surface area contributed by atoms with Crippen LogP contribution in [-0.2, 0) is 18.7 Å². The average Bonchev–Trinajstić information content (AvgIpc) is 3.64. The number of rotatable bonds is 9. The van der Waals surface area contributed by atoms with E-state index in [-0.39, 0.29) is 24.4 Å². The van der Waals surface area contributed by atoms with E-state index in [1.807, 2.05) is 42.6 Å². The number of carbonyl (C=O) groups excluding carboxylic acids is 1. The van der Waals surface area contributed by atoms with E-state index < -0.39 is 23.2 Å². The van der Waals surface area contributed by atoms with Crippen LogP contribution in [0.25, 0.3) is 11.3 Å². The van der Waals surface area contributed by atoms with Crippen molar-refractivity contribution in [2.24, 2.45) is 0 Å². The molecule has 206 valence electrons. The molecule has 0 spiro atoms. The third kappa shape index (κ3) is 5.96. The van der Waals surface area contributed by atoms with Gasteiger partial charge in [-0.05, 0) is 49.4 Å². The smallest absolute Gasteiger partial charge is 0.265 e. The Labute approximate surface area is 239 Å². The van der Waals surface area contributed by atoms with E-state index in [2.05, 4.69) is 5.10 Å². The zero-order valence-corrected chi connectivity index (χ0v) is 23.1. The molecule has 0 amide bonds. The van der Waals surface area contributed by atoms with Gasteiger partial charge >= 0.3 is 0 Å². The van der Waals surface area contributed by atoms with Gasteiger partial charge in [0.05, 0.1) is 22.3 Å². The van der Waals surface area contributed by atoms with Crippen molar-refractivity contribution in [2.75, 3.05) is 0 Å². The summed E-state index contributed by atoms with van der Waals surface area (Å²) in [4.78, 5) is 17.5. The van der Waals surface area contributed by atoms with Crippen LogP contribution in [0.5, 0.6) is 0 Å². The van der Waals surface area contributed by atoms with Gasteiger partial charge in [-0.1, -0.05) is 36.8 Å². The second kappa shape index (κ2) is 11.5. The highest BCUT2D eigenvalue weighted by molar-refractivity contribution is 7.10. The number of nitriles is 1. The lowest BCUT2D eigenvalue weighted by Gasteiger charge is -2.32. The lowest BCUT2D eigenvalue weighted by molar-refractivity contribution is -0.684. The molecule has 1 N–H and O–H groups in total. The lowest BCUT2D eigenvalue weighted by Crippen LogP contribution is -2.39. The zero-order chi connectivity index (χ0) is 29.1. The molecule has 0 aliphatic carbocycles. The van der Waals surface area contributed by atoms with Crippen molar-refractivity contribution in [2.45, 2.75) is 38.5 Å². The molecule has 2 heterocycles. The fourth-order valence-electron chi connectivity index (χ4n) is 4.59. The Hall–Kier alpha value is -4.59. The molecule has 0 fully saturated rings. The van der Waals surface area contributed by atoms with Crippen molar-refractivity contribution < 1.29 is 23.2 Å². The third-order valence-corrected chi connectivity index (χ3v) is 8.07. The number of aromatic nitrogens is 4. The number of Topliss-reactive ketones (excluding diaryl/α,β-unsaturated/α-hetero) is 1. The van der Waals surface area contributed by atoms with Gasteiger partial charge in [-0.15, -0.1) is 16.0 Å². The number of aliphatic hydroxyl groups is 1. The van der Waals surface area contributed by atoms with Gasteiger partial charge in [0.2, 0.25) is 6.33 Å². The minimum Gasteiger partial charge on any atom is -0.381 e. The fraction of sp³-hybridized carbons (Fsp3) is 0.194. The van der Waals surface area contributed by atoms with Gasteiger partial charge in [0.15, 0.2) is 5.78 Å². The van der Waals surface area contributed by atoms with Crippen LogP contribution in [0.2, 0.25) is 0 Å².